The fraction of sp³-hybridized carbons (Fsp3) is 0.737. The van der Waals surface area contributed by atoms with Crippen LogP contribution in [0.1, 0.15) is 41.5 Å². The summed E-state index contributed by atoms with van der Waals surface area (Å²) in [5.41, 5.74) is -1.49. The van der Waals surface area contributed by atoms with Crippen LogP contribution in [0.5, 0.6) is 0 Å². The molecule has 2 amide bonds. The van der Waals surface area contributed by atoms with E-state index in [1.807, 2.05) is 11.9 Å². The Morgan fingerprint density at radius 2 is 1.36 bits per heavy atom. The van der Waals surface area contributed by atoms with Crippen molar-refractivity contribution in [2.45, 2.75) is 52.7 Å². The molecule has 0 fully saturated rings. The highest BCUT2D eigenvalue weighted by molar-refractivity contribution is 5.88. The van der Waals surface area contributed by atoms with Crippen molar-refractivity contribution in [1.82, 2.24) is 9.80 Å². The van der Waals surface area contributed by atoms with E-state index in [0.29, 0.717) is 19.7 Å². The molecule has 0 aromatic rings. The number of imide groups is 1. The Morgan fingerprint density at radius 1 is 0.893 bits per heavy atom. The first kappa shape index (κ1) is 25.9. The number of carboxylic acids is 1. The molecule has 0 saturated heterocycles. The molecule has 162 valence electrons. The molecule has 1 N–H and O–H groups in total. The van der Waals surface area contributed by atoms with Gasteiger partial charge in [0.25, 0.3) is 0 Å². The molecule has 0 aromatic heterocycles. The van der Waals surface area contributed by atoms with Crippen molar-refractivity contribution in [3.63, 3.8) is 0 Å². The summed E-state index contributed by atoms with van der Waals surface area (Å²) >= 11 is 0. The quantitative estimate of drug-likeness (QED) is 0.464. The molecule has 0 radical (unpaired) electrons. The molecule has 0 aromatic carbocycles. The molecule has 0 rings (SSSR count). The Morgan fingerprint density at radius 3 is 1.79 bits per heavy atom. The molecule has 0 bridgehead atoms. The van der Waals surface area contributed by atoms with Crippen LogP contribution in [0, 0.1) is 0 Å². The maximum absolute atomic E-state index is 12.3. The van der Waals surface area contributed by atoms with E-state index in [1.54, 1.807) is 41.5 Å². The summed E-state index contributed by atoms with van der Waals surface area (Å²) < 4.78 is 16.0. The van der Waals surface area contributed by atoms with E-state index >= 15 is 0 Å². The average Bonchev–Trinajstić information content (AvgIpc) is 2.46. The van der Waals surface area contributed by atoms with E-state index in [1.165, 1.54) is 6.08 Å². The third kappa shape index (κ3) is 14.0. The predicted molar refractivity (Wildman–Crippen MR) is 104 cm³/mol. The Labute approximate surface area is 167 Å². The maximum atomic E-state index is 12.3. The van der Waals surface area contributed by atoms with Crippen LogP contribution < -0.4 is 0 Å². The first-order chi connectivity index (χ1) is 12.7. The normalized spacial score (nSPS) is 12.3. The van der Waals surface area contributed by atoms with Crippen LogP contribution in [0.4, 0.5) is 9.59 Å². The van der Waals surface area contributed by atoms with Crippen molar-refractivity contribution in [3.8, 4) is 0 Å². The minimum atomic E-state index is -0.992. The van der Waals surface area contributed by atoms with Crippen LogP contribution >= 0.6 is 0 Å². The van der Waals surface area contributed by atoms with Gasteiger partial charge in [-0.2, -0.15) is 0 Å². The van der Waals surface area contributed by atoms with Crippen LogP contribution in [-0.4, -0.2) is 84.2 Å². The molecule has 28 heavy (non-hydrogen) atoms. The Hall–Kier alpha value is -2.13. The van der Waals surface area contributed by atoms with Crippen LogP contribution in [0.25, 0.3) is 0 Å². The number of aliphatic carboxylic acids is 1. The topological polar surface area (TPSA) is 106 Å². The van der Waals surface area contributed by atoms with Gasteiger partial charge in [-0.3, -0.25) is 0 Å². The standard InChI is InChI=1S/C19H34N2O7/c1-18(2,3)27-16(24)21(17(25)28-19(4,5)6)12-14-26-13-11-20(7)10-8-9-15(22)23/h8-9H,10-14H2,1-7H3,(H,22,23)/b9-8+. The van der Waals surface area contributed by atoms with E-state index in [0.717, 1.165) is 11.0 Å². The second-order valence-corrected chi connectivity index (χ2v) is 8.23. The number of amides is 2. The Kier molecular flexibility index (Phi) is 10.8. The summed E-state index contributed by atoms with van der Waals surface area (Å²) in [5, 5.41) is 8.54. The van der Waals surface area contributed by atoms with Gasteiger partial charge in [0.2, 0.25) is 0 Å². The van der Waals surface area contributed by atoms with Gasteiger partial charge in [0.05, 0.1) is 19.8 Å². The highest BCUT2D eigenvalue weighted by Gasteiger charge is 2.30. The lowest BCUT2D eigenvalue weighted by atomic mass is 10.2. The number of carbonyl (C=O) groups excluding carboxylic acids is 2. The molecular weight excluding hydrogens is 368 g/mol. The largest absolute Gasteiger partial charge is 0.478 e. The van der Waals surface area contributed by atoms with E-state index in [9.17, 15) is 14.4 Å². The van der Waals surface area contributed by atoms with Crippen molar-refractivity contribution < 1.29 is 33.7 Å². The minimum Gasteiger partial charge on any atom is -0.478 e. The fourth-order valence-corrected chi connectivity index (χ4v) is 1.79. The fourth-order valence-electron chi connectivity index (χ4n) is 1.79. The van der Waals surface area contributed by atoms with E-state index in [4.69, 9.17) is 19.3 Å². The molecule has 0 spiro atoms. The van der Waals surface area contributed by atoms with Crippen molar-refractivity contribution in [2.24, 2.45) is 0 Å². The lowest BCUT2D eigenvalue weighted by Crippen LogP contribution is -2.45. The first-order valence-corrected chi connectivity index (χ1v) is 9.10. The van der Waals surface area contributed by atoms with Gasteiger partial charge in [0.1, 0.15) is 11.2 Å². The molecule has 0 aliphatic rings. The van der Waals surface area contributed by atoms with Gasteiger partial charge in [-0.25, -0.2) is 19.3 Å². The number of carbonyl (C=O) groups is 3. The molecule has 0 saturated carbocycles. The van der Waals surface area contributed by atoms with Crippen molar-refractivity contribution in [3.05, 3.63) is 12.2 Å². The Bertz CT molecular complexity index is 519. The number of hydrogen-bond donors (Lipinski definition) is 1. The molecule has 9 heteroatoms. The number of hydrogen-bond acceptors (Lipinski definition) is 7. The summed E-state index contributed by atoms with van der Waals surface area (Å²) in [4.78, 5) is 37.8. The number of rotatable bonds is 9. The third-order valence-electron chi connectivity index (χ3n) is 2.98. The van der Waals surface area contributed by atoms with Crippen LogP contribution in [0.15, 0.2) is 12.2 Å². The van der Waals surface area contributed by atoms with Crippen LogP contribution in [-0.2, 0) is 19.0 Å². The van der Waals surface area contributed by atoms with Gasteiger partial charge in [0.15, 0.2) is 0 Å². The zero-order valence-corrected chi connectivity index (χ0v) is 18.0. The first-order valence-electron chi connectivity index (χ1n) is 9.10. The molecular formula is C19H34N2O7. The summed E-state index contributed by atoms with van der Waals surface area (Å²) in [6.07, 6.45) is 1.04. The zero-order valence-electron chi connectivity index (χ0n) is 18.0. The maximum Gasteiger partial charge on any atom is 0.419 e. The average molecular weight is 402 g/mol. The molecule has 0 aliphatic carbocycles. The van der Waals surface area contributed by atoms with E-state index in [-0.39, 0.29) is 13.2 Å². The number of carboxylic acid groups (broad SMARTS) is 1. The van der Waals surface area contributed by atoms with Gasteiger partial charge in [-0.05, 0) is 48.6 Å². The third-order valence-corrected chi connectivity index (χ3v) is 2.98. The minimum absolute atomic E-state index is 0.00748. The SMILES string of the molecule is CN(C/C=C/C(=O)O)CCOCCN(C(=O)OC(C)(C)C)C(=O)OC(C)(C)C. The highest BCUT2D eigenvalue weighted by atomic mass is 16.6. The highest BCUT2D eigenvalue weighted by Crippen LogP contribution is 2.14. The van der Waals surface area contributed by atoms with Gasteiger partial charge in [-0.1, -0.05) is 6.08 Å². The van der Waals surface area contributed by atoms with E-state index in [2.05, 4.69) is 0 Å². The summed E-state index contributed by atoms with van der Waals surface area (Å²) in [6, 6.07) is 0. The smallest absolute Gasteiger partial charge is 0.419 e. The molecule has 0 unspecified atom stereocenters. The monoisotopic (exact) mass is 402 g/mol. The van der Waals surface area contributed by atoms with Crippen molar-refractivity contribution in [1.29, 1.82) is 0 Å². The van der Waals surface area contributed by atoms with Crippen molar-refractivity contribution in [2.75, 3.05) is 39.9 Å². The van der Waals surface area contributed by atoms with Crippen LogP contribution in [0.2, 0.25) is 0 Å². The molecule has 0 atom stereocenters. The number of ether oxygens (including phenoxy) is 3. The summed E-state index contributed by atoms with van der Waals surface area (Å²) in [5.74, 6) is -0.992. The zero-order chi connectivity index (χ0) is 22.0. The molecule has 0 aliphatic heterocycles. The van der Waals surface area contributed by atoms with Crippen LogP contribution in [0.3, 0.4) is 0 Å². The van der Waals surface area contributed by atoms with Gasteiger partial charge in [0, 0.05) is 19.2 Å². The molecule has 0 heterocycles. The second-order valence-electron chi connectivity index (χ2n) is 8.23. The summed E-state index contributed by atoms with van der Waals surface area (Å²) in [6.45, 7) is 11.8. The van der Waals surface area contributed by atoms with E-state index < -0.39 is 29.4 Å². The van der Waals surface area contributed by atoms with Crippen molar-refractivity contribution >= 4 is 18.2 Å². The number of nitrogens with zero attached hydrogens (tertiary/aromatic N) is 2. The lowest BCUT2D eigenvalue weighted by molar-refractivity contribution is -0.131. The van der Waals surface area contributed by atoms with Gasteiger partial charge in [-0.15, -0.1) is 0 Å². The number of likely N-dealkylation sites (N-methyl/N-ethyl adjacent to an activating group) is 1. The Balaban J connectivity index is 4.54. The second kappa shape index (κ2) is 11.7. The lowest BCUT2D eigenvalue weighted by Gasteiger charge is -2.28. The van der Waals surface area contributed by atoms with Gasteiger partial charge < -0.3 is 24.2 Å². The van der Waals surface area contributed by atoms with Gasteiger partial charge >= 0.3 is 18.2 Å². The summed E-state index contributed by atoms with van der Waals surface area (Å²) in [7, 11) is 1.82. The predicted octanol–water partition coefficient (Wildman–Crippen LogP) is 2.75. The molecule has 9 nitrogen and oxygen atoms in total.